The molecule has 0 aliphatic carbocycles. The average molecular weight is 308 g/mol. The number of ketones is 1. The minimum atomic E-state index is -1.14. The zero-order valence-electron chi connectivity index (χ0n) is 13.1. The van der Waals surface area contributed by atoms with Crippen molar-refractivity contribution in [1.82, 2.24) is 5.32 Å². The first kappa shape index (κ1) is 18.0. The summed E-state index contributed by atoms with van der Waals surface area (Å²) < 4.78 is 0. The van der Waals surface area contributed by atoms with Crippen molar-refractivity contribution in [2.45, 2.75) is 38.7 Å². The molecule has 0 aliphatic rings. The Morgan fingerprint density at radius 1 is 1.23 bits per heavy atom. The highest BCUT2D eigenvalue weighted by molar-refractivity contribution is 5.97. The van der Waals surface area contributed by atoms with E-state index in [0.717, 1.165) is 5.69 Å². The highest BCUT2D eigenvalue weighted by Crippen LogP contribution is 2.18. The molecule has 6 heteroatoms. The Hall–Kier alpha value is -2.08. The second-order valence-corrected chi connectivity index (χ2v) is 5.27. The third-order valence-corrected chi connectivity index (χ3v) is 3.75. The van der Waals surface area contributed by atoms with Crippen molar-refractivity contribution in [2.24, 2.45) is 0 Å². The Bertz CT molecular complexity index is 513. The molecule has 0 aromatic heterocycles. The van der Waals surface area contributed by atoms with E-state index in [1.54, 1.807) is 18.2 Å². The van der Waals surface area contributed by atoms with Crippen LogP contribution in [0.2, 0.25) is 0 Å². The van der Waals surface area contributed by atoms with Crippen molar-refractivity contribution < 1.29 is 19.8 Å². The minimum Gasteiger partial charge on any atom is -0.465 e. The van der Waals surface area contributed by atoms with Gasteiger partial charge in [0.1, 0.15) is 0 Å². The molecule has 4 N–H and O–H groups in total. The van der Waals surface area contributed by atoms with Gasteiger partial charge >= 0.3 is 6.09 Å². The van der Waals surface area contributed by atoms with Gasteiger partial charge in [-0.15, -0.1) is 0 Å². The number of nitrogens with one attached hydrogen (secondary N) is 2. The zero-order chi connectivity index (χ0) is 16.6. The van der Waals surface area contributed by atoms with Gasteiger partial charge in [-0.1, -0.05) is 26.0 Å². The van der Waals surface area contributed by atoms with Crippen LogP contribution in [0, 0.1) is 0 Å². The predicted molar refractivity (Wildman–Crippen MR) is 85.4 cm³/mol. The van der Waals surface area contributed by atoms with E-state index in [-0.39, 0.29) is 18.7 Å². The fraction of sp³-hybridized carbons (Fsp3) is 0.500. The minimum absolute atomic E-state index is 0.0945. The van der Waals surface area contributed by atoms with Crippen LogP contribution in [-0.2, 0) is 0 Å². The lowest BCUT2D eigenvalue weighted by atomic mass is 9.97. The first-order valence-electron chi connectivity index (χ1n) is 7.46. The smallest absolute Gasteiger partial charge is 0.404 e. The Morgan fingerprint density at radius 2 is 1.91 bits per heavy atom. The highest BCUT2D eigenvalue weighted by Gasteiger charge is 2.21. The van der Waals surface area contributed by atoms with Crippen LogP contribution < -0.4 is 10.6 Å². The standard InChI is InChI=1S/C16H24N2O4/c1-3-16(22,4-2)11-18-13-7-5-6-12(10-13)14(19)8-9-17-15(20)21/h5-7,10,17-18,22H,3-4,8-9,11H2,1-2H3,(H,20,21). The second-order valence-electron chi connectivity index (χ2n) is 5.27. The number of Topliss-reactive ketones (excluding diaryl/α,β-unsaturated/α-hetero) is 1. The maximum Gasteiger partial charge on any atom is 0.404 e. The van der Waals surface area contributed by atoms with Crippen molar-refractivity contribution in [3.63, 3.8) is 0 Å². The van der Waals surface area contributed by atoms with Crippen LogP contribution in [0.3, 0.4) is 0 Å². The van der Waals surface area contributed by atoms with E-state index in [0.29, 0.717) is 24.9 Å². The topological polar surface area (TPSA) is 98.7 Å². The molecule has 1 rings (SSSR count). The molecule has 0 heterocycles. The third kappa shape index (κ3) is 5.73. The van der Waals surface area contributed by atoms with Gasteiger partial charge in [0, 0.05) is 30.8 Å². The monoisotopic (exact) mass is 308 g/mol. The second kappa shape index (κ2) is 8.38. The molecule has 0 saturated heterocycles. The van der Waals surface area contributed by atoms with Crippen molar-refractivity contribution >= 4 is 17.6 Å². The summed E-state index contributed by atoms with van der Waals surface area (Å²) in [6.45, 7) is 4.37. The molecule has 22 heavy (non-hydrogen) atoms. The number of aliphatic hydroxyl groups is 1. The molecule has 0 fully saturated rings. The number of amides is 1. The van der Waals surface area contributed by atoms with E-state index in [1.165, 1.54) is 0 Å². The molecular weight excluding hydrogens is 284 g/mol. The summed E-state index contributed by atoms with van der Waals surface area (Å²) in [5, 5.41) is 24.0. The van der Waals surface area contributed by atoms with Crippen molar-refractivity contribution in [3.05, 3.63) is 29.8 Å². The summed E-state index contributed by atoms with van der Waals surface area (Å²) in [5.41, 5.74) is 0.525. The Labute approximate surface area is 130 Å². The summed E-state index contributed by atoms with van der Waals surface area (Å²) in [5.74, 6) is -0.126. The van der Waals surface area contributed by atoms with E-state index in [4.69, 9.17) is 5.11 Å². The first-order chi connectivity index (χ1) is 10.4. The molecule has 0 aliphatic heterocycles. The van der Waals surface area contributed by atoms with Crippen LogP contribution in [0.15, 0.2) is 24.3 Å². The van der Waals surface area contributed by atoms with Crippen LogP contribution >= 0.6 is 0 Å². The Balaban J connectivity index is 2.62. The van der Waals surface area contributed by atoms with Crippen LogP contribution in [0.1, 0.15) is 43.5 Å². The Kier molecular flexibility index (Phi) is 6.85. The van der Waals surface area contributed by atoms with Gasteiger partial charge in [0.2, 0.25) is 0 Å². The van der Waals surface area contributed by atoms with Crippen molar-refractivity contribution in [1.29, 1.82) is 0 Å². The van der Waals surface area contributed by atoms with E-state index < -0.39 is 11.7 Å². The van der Waals surface area contributed by atoms with Crippen LogP contribution in [-0.4, -0.2) is 40.8 Å². The lowest BCUT2D eigenvalue weighted by Crippen LogP contribution is -2.35. The van der Waals surface area contributed by atoms with Gasteiger partial charge in [0.15, 0.2) is 5.78 Å². The number of hydrogen-bond donors (Lipinski definition) is 4. The van der Waals surface area contributed by atoms with Gasteiger partial charge in [-0.3, -0.25) is 4.79 Å². The third-order valence-electron chi connectivity index (χ3n) is 3.75. The quantitative estimate of drug-likeness (QED) is 0.525. The number of anilines is 1. The van der Waals surface area contributed by atoms with Crippen LogP contribution in [0.4, 0.5) is 10.5 Å². The molecule has 0 radical (unpaired) electrons. The molecule has 0 atom stereocenters. The first-order valence-corrected chi connectivity index (χ1v) is 7.46. The summed E-state index contributed by atoms with van der Waals surface area (Å²) in [6.07, 6.45) is 0.275. The van der Waals surface area contributed by atoms with E-state index >= 15 is 0 Å². The van der Waals surface area contributed by atoms with Gasteiger partial charge in [0.05, 0.1) is 5.60 Å². The van der Waals surface area contributed by atoms with Crippen molar-refractivity contribution in [3.8, 4) is 0 Å². The van der Waals surface area contributed by atoms with Crippen molar-refractivity contribution in [2.75, 3.05) is 18.4 Å². The fourth-order valence-electron chi connectivity index (χ4n) is 2.00. The number of hydrogen-bond acceptors (Lipinski definition) is 4. The maximum absolute atomic E-state index is 12.0. The molecule has 1 aromatic rings. The molecule has 6 nitrogen and oxygen atoms in total. The molecule has 1 amide bonds. The normalized spacial score (nSPS) is 11.0. The van der Waals surface area contributed by atoms with Gasteiger partial charge in [0.25, 0.3) is 0 Å². The molecule has 0 unspecified atom stereocenters. The lowest BCUT2D eigenvalue weighted by Gasteiger charge is -2.26. The number of benzene rings is 1. The Morgan fingerprint density at radius 3 is 2.50 bits per heavy atom. The summed E-state index contributed by atoms with van der Waals surface area (Å²) in [6, 6.07) is 7.00. The number of carboxylic acid groups (broad SMARTS) is 1. The molecular formula is C16H24N2O4. The molecule has 1 aromatic carbocycles. The summed E-state index contributed by atoms with van der Waals surface area (Å²) in [7, 11) is 0. The van der Waals surface area contributed by atoms with Gasteiger partial charge in [-0.25, -0.2) is 4.79 Å². The predicted octanol–water partition coefficient (Wildman–Crippen LogP) is 2.49. The van der Waals surface area contributed by atoms with E-state index in [2.05, 4.69) is 10.6 Å². The zero-order valence-corrected chi connectivity index (χ0v) is 13.1. The van der Waals surface area contributed by atoms with E-state index in [1.807, 2.05) is 19.9 Å². The van der Waals surface area contributed by atoms with E-state index in [9.17, 15) is 14.7 Å². The fourth-order valence-corrected chi connectivity index (χ4v) is 2.00. The van der Waals surface area contributed by atoms with Gasteiger partial charge in [-0.2, -0.15) is 0 Å². The maximum atomic E-state index is 12.0. The SMILES string of the molecule is CCC(O)(CC)CNc1cccc(C(=O)CCNC(=O)O)c1. The van der Waals surface area contributed by atoms with Crippen LogP contribution in [0.25, 0.3) is 0 Å². The lowest BCUT2D eigenvalue weighted by molar-refractivity contribution is 0.0457. The largest absolute Gasteiger partial charge is 0.465 e. The number of carbonyl (C=O) groups excluding carboxylic acids is 1. The number of rotatable bonds is 9. The van der Waals surface area contributed by atoms with Crippen LogP contribution in [0.5, 0.6) is 0 Å². The van der Waals surface area contributed by atoms with Gasteiger partial charge < -0.3 is 20.8 Å². The molecule has 122 valence electrons. The van der Waals surface area contributed by atoms with Gasteiger partial charge in [-0.05, 0) is 25.0 Å². The molecule has 0 bridgehead atoms. The summed E-state index contributed by atoms with van der Waals surface area (Å²) in [4.78, 5) is 22.3. The number of carbonyl (C=O) groups is 2. The highest BCUT2D eigenvalue weighted by atomic mass is 16.4. The molecule has 0 spiro atoms. The molecule has 0 saturated carbocycles. The average Bonchev–Trinajstić information content (AvgIpc) is 2.52. The summed E-state index contributed by atoms with van der Waals surface area (Å²) >= 11 is 0.